The number of halogens is 1. The average molecular weight is 424 g/mol. The molecule has 0 saturated heterocycles. The highest BCUT2D eigenvalue weighted by molar-refractivity contribution is 6.31. The fraction of sp³-hybridized carbons (Fsp3) is 0.263. The molecule has 154 valence electrons. The fourth-order valence-corrected chi connectivity index (χ4v) is 3.82. The second-order valence-electron chi connectivity index (χ2n) is 6.46. The maximum Gasteiger partial charge on any atom is 0.322 e. The number of nitrogens with one attached hydrogen (secondary N) is 1. The van der Waals surface area contributed by atoms with Crippen molar-refractivity contribution in [3.05, 3.63) is 57.4 Å². The Morgan fingerprint density at radius 3 is 1.55 bits per heavy atom. The molecule has 1 aliphatic heterocycles. The van der Waals surface area contributed by atoms with Gasteiger partial charge in [0, 0.05) is 22.3 Å². The Balaban J connectivity index is 2.90. The quantitative estimate of drug-likeness (QED) is 0.413. The molecule has 1 aromatic carbocycles. The highest BCUT2D eigenvalue weighted by atomic mass is 35.5. The van der Waals surface area contributed by atoms with Gasteiger partial charge in [-0.25, -0.2) is 0 Å². The summed E-state index contributed by atoms with van der Waals surface area (Å²) < 4.78 is 0. The predicted octanol–water partition coefficient (Wildman–Crippen LogP) is 2.15. The first-order chi connectivity index (χ1) is 13.5. The molecule has 9 nitrogen and oxygen atoms in total. The number of rotatable bonds is 7. The Morgan fingerprint density at radius 1 is 0.828 bits per heavy atom. The van der Waals surface area contributed by atoms with Crippen molar-refractivity contribution in [1.82, 2.24) is 5.32 Å². The van der Waals surface area contributed by atoms with Crippen LogP contribution in [-0.2, 0) is 19.2 Å². The molecule has 0 spiro atoms. The maximum atomic E-state index is 11.7. The van der Waals surface area contributed by atoms with Crippen LogP contribution in [-0.4, -0.2) is 44.3 Å². The molecule has 0 radical (unpaired) electrons. The summed E-state index contributed by atoms with van der Waals surface area (Å²) in [5.74, 6) is -12.1. The third-order valence-electron chi connectivity index (χ3n) is 4.69. The van der Waals surface area contributed by atoms with E-state index in [-0.39, 0.29) is 33.1 Å². The zero-order valence-corrected chi connectivity index (χ0v) is 16.1. The van der Waals surface area contributed by atoms with Gasteiger partial charge in [0.05, 0.1) is 0 Å². The SMILES string of the molecule is CC1=C(C(C(=O)O)C(=O)O)C(c2ccccc2Cl)C(C(C(=O)O)C(=O)O)=C(C)N1. The highest BCUT2D eigenvalue weighted by Crippen LogP contribution is 2.46. The number of carboxylic acid groups (broad SMARTS) is 4. The van der Waals surface area contributed by atoms with Gasteiger partial charge in [0.25, 0.3) is 0 Å². The molecular formula is C19H18ClNO8. The Bertz CT molecular complexity index is 883. The van der Waals surface area contributed by atoms with Gasteiger partial charge in [-0.3, -0.25) is 19.2 Å². The second-order valence-corrected chi connectivity index (χ2v) is 6.87. The van der Waals surface area contributed by atoms with Crippen molar-refractivity contribution in [3.63, 3.8) is 0 Å². The van der Waals surface area contributed by atoms with Crippen LogP contribution in [0.2, 0.25) is 5.02 Å². The summed E-state index contributed by atoms with van der Waals surface area (Å²) in [7, 11) is 0. The number of carbonyl (C=O) groups is 4. The molecule has 1 aromatic rings. The summed E-state index contributed by atoms with van der Waals surface area (Å²) in [4.78, 5) is 47.0. The maximum absolute atomic E-state index is 11.7. The Labute approximate surface area is 169 Å². The van der Waals surface area contributed by atoms with E-state index < -0.39 is 41.6 Å². The minimum absolute atomic E-state index is 0.110. The van der Waals surface area contributed by atoms with Gasteiger partial charge in [0.1, 0.15) is 0 Å². The van der Waals surface area contributed by atoms with Gasteiger partial charge in [0.2, 0.25) is 0 Å². The van der Waals surface area contributed by atoms with Crippen molar-refractivity contribution >= 4 is 35.5 Å². The van der Waals surface area contributed by atoms with Crippen molar-refractivity contribution in [2.45, 2.75) is 19.8 Å². The largest absolute Gasteiger partial charge is 0.480 e. The molecule has 0 amide bonds. The summed E-state index contributed by atoms with van der Waals surface area (Å²) >= 11 is 6.26. The summed E-state index contributed by atoms with van der Waals surface area (Å²) in [6.45, 7) is 2.88. The number of carboxylic acids is 4. The summed E-state index contributed by atoms with van der Waals surface area (Å²) in [5.41, 5.74) is 0.165. The van der Waals surface area contributed by atoms with Gasteiger partial charge >= 0.3 is 23.9 Å². The molecule has 10 heteroatoms. The number of hydrogen-bond donors (Lipinski definition) is 5. The smallest absolute Gasteiger partial charge is 0.322 e. The van der Waals surface area contributed by atoms with Crippen LogP contribution in [0.3, 0.4) is 0 Å². The predicted molar refractivity (Wildman–Crippen MR) is 100 cm³/mol. The third kappa shape index (κ3) is 4.09. The lowest BCUT2D eigenvalue weighted by molar-refractivity contribution is -0.153. The van der Waals surface area contributed by atoms with E-state index in [1.165, 1.54) is 26.0 Å². The van der Waals surface area contributed by atoms with Crippen molar-refractivity contribution in [1.29, 1.82) is 0 Å². The number of hydrogen-bond acceptors (Lipinski definition) is 5. The van der Waals surface area contributed by atoms with E-state index in [0.29, 0.717) is 0 Å². The van der Waals surface area contributed by atoms with E-state index in [1.807, 2.05) is 0 Å². The van der Waals surface area contributed by atoms with Gasteiger partial charge in [-0.05, 0) is 36.6 Å². The molecule has 0 fully saturated rings. The molecule has 0 atom stereocenters. The number of allylic oxidation sites excluding steroid dienone is 2. The molecule has 0 bridgehead atoms. The van der Waals surface area contributed by atoms with Gasteiger partial charge in [-0.1, -0.05) is 29.8 Å². The number of benzene rings is 1. The molecule has 0 saturated carbocycles. The fourth-order valence-electron chi connectivity index (χ4n) is 3.58. The first-order valence-electron chi connectivity index (χ1n) is 8.33. The summed E-state index contributed by atoms with van der Waals surface area (Å²) in [6, 6.07) is 6.07. The van der Waals surface area contributed by atoms with Crippen LogP contribution in [0.15, 0.2) is 46.8 Å². The first kappa shape index (κ1) is 22.0. The summed E-state index contributed by atoms with van der Waals surface area (Å²) in [6.07, 6.45) is 0. The van der Waals surface area contributed by atoms with Crippen molar-refractivity contribution in [2.24, 2.45) is 11.8 Å². The van der Waals surface area contributed by atoms with Gasteiger partial charge in [-0.15, -0.1) is 0 Å². The average Bonchev–Trinajstić information content (AvgIpc) is 2.58. The van der Waals surface area contributed by atoms with E-state index in [0.717, 1.165) is 0 Å². The van der Waals surface area contributed by atoms with Crippen LogP contribution in [0.25, 0.3) is 0 Å². The van der Waals surface area contributed by atoms with Gasteiger partial charge in [-0.2, -0.15) is 0 Å². The van der Waals surface area contributed by atoms with E-state index >= 15 is 0 Å². The van der Waals surface area contributed by atoms with E-state index in [2.05, 4.69) is 5.32 Å². The number of dihydropyridines is 1. The molecule has 5 N–H and O–H groups in total. The van der Waals surface area contributed by atoms with Crippen molar-refractivity contribution in [2.75, 3.05) is 0 Å². The van der Waals surface area contributed by atoms with E-state index in [4.69, 9.17) is 11.6 Å². The molecular weight excluding hydrogens is 406 g/mol. The third-order valence-corrected chi connectivity index (χ3v) is 5.03. The van der Waals surface area contributed by atoms with Gasteiger partial charge in [0.15, 0.2) is 11.8 Å². The van der Waals surface area contributed by atoms with Crippen molar-refractivity contribution < 1.29 is 39.6 Å². The van der Waals surface area contributed by atoms with E-state index in [1.54, 1.807) is 12.1 Å². The lowest BCUT2D eigenvalue weighted by atomic mass is 9.71. The van der Waals surface area contributed by atoms with E-state index in [9.17, 15) is 39.6 Å². The monoisotopic (exact) mass is 423 g/mol. The van der Waals surface area contributed by atoms with Crippen LogP contribution in [0, 0.1) is 11.8 Å². The Morgan fingerprint density at radius 2 is 1.21 bits per heavy atom. The van der Waals surface area contributed by atoms with Crippen LogP contribution in [0.5, 0.6) is 0 Å². The van der Waals surface area contributed by atoms with Crippen LogP contribution >= 0.6 is 11.6 Å². The second kappa shape index (κ2) is 8.36. The molecule has 1 heterocycles. The van der Waals surface area contributed by atoms with Crippen LogP contribution in [0.1, 0.15) is 25.3 Å². The summed E-state index contributed by atoms with van der Waals surface area (Å²) in [5, 5.41) is 41.0. The standard InChI is InChI=1S/C19H18ClNO8/c1-7-11(14(16(22)23)17(24)25)13(9-5-3-4-6-10(9)20)12(8(2)21-7)15(18(26)27)19(28)29/h3-6,13-15,21H,1-2H3,(H,22,23)(H,24,25)(H,26,27)(H,28,29). The zero-order valence-electron chi connectivity index (χ0n) is 15.3. The van der Waals surface area contributed by atoms with Gasteiger partial charge < -0.3 is 25.7 Å². The zero-order chi connectivity index (χ0) is 22.0. The molecule has 0 aliphatic carbocycles. The van der Waals surface area contributed by atoms with Crippen molar-refractivity contribution in [3.8, 4) is 0 Å². The highest BCUT2D eigenvalue weighted by Gasteiger charge is 2.46. The minimum Gasteiger partial charge on any atom is -0.480 e. The first-order valence-corrected chi connectivity index (χ1v) is 8.70. The topological polar surface area (TPSA) is 161 Å². The normalized spacial score (nSPS) is 14.9. The number of aliphatic carboxylic acids is 4. The molecule has 0 unspecified atom stereocenters. The molecule has 2 rings (SSSR count). The minimum atomic E-state index is -2.05. The Kier molecular flexibility index (Phi) is 6.33. The Hall–Kier alpha value is -3.33. The van der Waals surface area contributed by atoms with Crippen LogP contribution < -0.4 is 5.32 Å². The lowest BCUT2D eigenvalue weighted by Gasteiger charge is -2.36. The molecule has 1 aliphatic rings. The van der Waals surface area contributed by atoms with Crippen LogP contribution in [0.4, 0.5) is 0 Å². The molecule has 29 heavy (non-hydrogen) atoms. The lowest BCUT2D eigenvalue weighted by Crippen LogP contribution is -2.39. The molecule has 0 aromatic heterocycles.